The summed E-state index contributed by atoms with van der Waals surface area (Å²) >= 11 is 4.44. The predicted octanol–water partition coefficient (Wildman–Crippen LogP) is 2.69. The van der Waals surface area contributed by atoms with Crippen LogP contribution in [0.25, 0.3) is 0 Å². The fourth-order valence-electron chi connectivity index (χ4n) is 1.61. The van der Waals surface area contributed by atoms with Crippen molar-refractivity contribution in [2.45, 2.75) is 12.1 Å². The van der Waals surface area contributed by atoms with Crippen molar-refractivity contribution in [1.29, 1.82) is 5.26 Å². The lowest BCUT2D eigenvalue weighted by molar-refractivity contribution is 0.102. The molecule has 21 heavy (non-hydrogen) atoms. The monoisotopic (exact) mass is 363 g/mol. The number of carbonyl (C=O) groups excluding carboxylic acids is 1. The van der Waals surface area contributed by atoms with E-state index in [1.807, 2.05) is 0 Å². The van der Waals surface area contributed by atoms with E-state index in [0.29, 0.717) is 16.4 Å². The summed E-state index contributed by atoms with van der Waals surface area (Å²) in [5, 5.41) is 9.14. The van der Waals surface area contributed by atoms with Gasteiger partial charge < -0.3 is 4.98 Å². The number of H-pyrrole nitrogens is 1. The Labute approximate surface area is 133 Å². The first kappa shape index (κ1) is 15.5. The Morgan fingerprint density at radius 3 is 2.67 bits per heavy atom. The van der Waals surface area contributed by atoms with Gasteiger partial charge in [0.2, 0.25) is 0 Å². The number of aromatic nitrogens is 2. The first-order valence-corrected chi connectivity index (χ1v) is 7.71. The lowest BCUT2D eigenvalue weighted by Gasteiger charge is -2.03. The number of rotatable bonds is 4. The third-order valence-electron chi connectivity index (χ3n) is 2.70. The van der Waals surface area contributed by atoms with Gasteiger partial charge in [-0.25, -0.2) is 4.98 Å². The number of hydrogen-bond acceptors (Lipinski definition) is 5. The summed E-state index contributed by atoms with van der Waals surface area (Å²) in [4.78, 5) is 30.2. The first-order chi connectivity index (χ1) is 10.0. The molecule has 106 valence electrons. The molecule has 0 bridgehead atoms. The van der Waals surface area contributed by atoms with Crippen LogP contribution in [0, 0.1) is 18.3 Å². The first-order valence-electron chi connectivity index (χ1n) is 5.94. The molecule has 2 rings (SSSR count). The van der Waals surface area contributed by atoms with Crippen LogP contribution in [0.4, 0.5) is 0 Å². The Hall–Kier alpha value is -1.91. The van der Waals surface area contributed by atoms with E-state index in [9.17, 15) is 9.59 Å². The third-order valence-corrected chi connectivity index (χ3v) is 4.10. The Morgan fingerprint density at radius 2 is 2.10 bits per heavy atom. The SMILES string of the molecule is Cc1nc(SCC(=O)c2ccc(Br)cc2)[nH]c(=O)c1C#N. The van der Waals surface area contributed by atoms with Crippen LogP contribution in [0.3, 0.4) is 0 Å². The van der Waals surface area contributed by atoms with Crippen LogP contribution in [0.5, 0.6) is 0 Å². The van der Waals surface area contributed by atoms with Crippen LogP contribution in [-0.4, -0.2) is 21.5 Å². The second-order valence-corrected chi connectivity index (χ2v) is 6.04. The van der Waals surface area contributed by atoms with E-state index >= 15 is 0 Å². The van der Waals surface area contributed by atoms with Crippen LogP contribution < -0.4 is 5.56 Å². The molecular formula is C14H10BrN3O2S. The van der Waals surface area contributed by atoms with Crippen molar-refractivity contribution in [3.8, 4) is 6.07 Å². The number of aryl methyl sites for hydroxylation is 1. The average Bonchev–Trinajstić information content (AvgIpc) is 2.45. The van der Waals surface area contributed by atoms with Crippen LogP contribution in [0.15, 0.2) is 38.7 Å². The van der Waals surface area contributed by atoms with Crippen molar-refractivity contribution in [3.05, 3.63) is 55.9 Å². The zero-order valence-electron chi connectivity index (χ0n) is 11.0. The smallest absolute Gasteiger partial charge is 0.269 e. The molecule has 0 aliphatic heterocycles. The number of halogens is 1. The number of aromatic amines is 1. The predicted molar refractivity (Wildman–Crippen MR) is 83.5 cm³/mol. The second kappa shape index (κ2) is 6.70. The Balaban J connectivity index is 2.10. The van der Waals surface area contributed by atoms with Gasteiger partial charge in [0, 0.05) is 10.0 Å². The number of Topliss-reactive ketones (excluding diaryl/α,β-unsaturated/α-hetero) is 1. The summed E-state index contributed by atoms with van der Waals surface area (Å²) in [6.45, 7) is 1.59. The molecule has 0 saturated carbocycles. The van der Waals surface area contributed by atoms with E-state index in [1.165, 1.54) is 0 Å². The van der Waals surface area contributed by atoms with Gasteiger partial charge in [-0.3, -0.25) is 9.59 Å². The maximum Gasteiger partial charge on any atom is 0.269 e. The van der Waals surface area contributed by atoms with Gasteiger partial charge in [-0.15, -0.1) is 0 Å². The summed E-state index contributed by atoms with van der Waals surface area (Å²) in [5.74, 6) is 0.104. The van der Waals surface area contributed by atoms with Crippen molar-refractivity contribution >= 4 is 33.5 Å². The number of benzene rings is 1. The zero-order valence-corrected chi connectivity index (χ0v) is 13.4. The van der Waals surface area contributed by atoms with E-state index in [-0.39, 0.29) is 17.1 Å². The maximum absolute atomic E-state index is 12.0. The lowest BCUT2D eigenvalue weighted by atomic mass is 10.2. The van der Waals surface area contributed by atoms with E-state index in [1.54, 1.807) is 37.3 Å². The molecule has 0 saturated heterocycles. The number of nitrogens with zero attached hydrogens (tertiary/aromatic N) is 2. The van der Waals surface area contributed by atoms with Crippen molar-refractivity contribution in [2.24, 2.45) is 0 Å². The summed E-state index contributed by atoms with van der Waals surface area (Å²) < 4.78 is 0.903. The van der Waals surface area contributed by atoms with Crippen LogP contribution in [0.2, 0.25) is 0 Å². The highest BCUT2D eigenvalue weighted by Crippen LogP contribution is 2.16. The van der Waals surface area contributed by atoms with Crippen molar-refractivity contribution in [3.63, 3.8) is 0 Å². The highest BCUT2D eigenvalue weighted by atomic mass is 79.9. The Kier molecular flexibility index (Phi) is 4.94. The minimum absolute atomic E-state index is 0.00131. The molecule has 5 nitrogen and oxygen atoms in total. The number of ketones is 1. The molecule has 0 radical (unpaired) electrons. The van der Waals surface area contributed by atoms with Gasteiger partial charge in [-0.2, -0.15) is 5.26 Å². The number of nitrogens with one attached hydrogen (secondary N) is 1. The van der Waals surface area contributed by atoms with E-state index in [2.05, 4.69) is 25.9 Å². The fraction of sp³-hybridized carbons (Fsp3) is 0.143. The quantitative estimate of drug-likeness (QED) is 0.512. The standard InChI is InChI=1S/C14H10BrN3O2S/c1-8-11(6-16)13(20)18-14(17-8)21-7-12(19)9-2-4-10(15)5-3-9/h2-5H,7H2,1H3,(H,17,18,20). The van der Waals surface area contributed by atoms with Gasteiger partial charge in [0.25, 0.3) is 5.56 Å². The molecule has 1 heterocycles. The minimum atomic E-state index is -0.483. The van der Waals surface area contributed by atoms with Gasteiger partial charge in [-0.05, 0) is 19.1 Å². The number of carbonyl (C=O) groups is 1. The molecule has 1 aromatic heterocycles. The fourth-order valence-corrected chi connectivity index (χ4v) is 2.68. The summed E-state index contributed by atoms with van der Waals surface area (Å²) in [5.41, 5.74) is 0.473. The highest BCUT2D eigenvalue weighted by molar-refractivity contribution is 9.10. The third kappa shape index (κ3) is 3.80. The molecule has 0 spiro atoms. The van der Waals surface area contributed by atoms with Crippen LogP contribution in [-0.2, 0) is 0 Å². The summed E-state index contributed by atoms with van der Waals surface area (Å²) in [6, 6.07) is 8.85. The van der Waals surface area contributed by atoms with Crippen molar-refractivity contribution in [2.75, 3.05) is 5.75 Å². The minimum Gasteiger partial charge on any atom is -0.300 e. The number of thioether (sulfide) groups is 1. The Bertz CT molecular complexity index is 778. The van der Waals surface area contributed by atoms with Crippen molar-refractivity contribution < 1.29 is 4.79 Å². The largest absolute Gasteiger partial charge is 0.300 e. The van der Waals surface area contributed by atoms with E-state index in [0.717, 1.165) is 16.2 Å². The van der Waals surface area contributed by atoms with E-state index in [4.69, 9.17) is 5.26 Å². The topological polar surface area (TPSA) is 86.6 Å². The number of nitriles is 1. The maximum atomic E-state index is 12.0. The van der Waals surface area contributed by atoms with Crippen molar-refractivity contribution in [1.82, 2.24) is 9.97 Å². The lowest BCUT2D eigenvalue weighted by Crippen LogP contribution is -2.15. The molecule has 0 atom stereocenters. The van der Waals surface area contributed by atoms with Crippen LogP contribution in [0.1, 0.15) is 21.6 Å². The molecule has 0 aliphatic rings. The molecule has 0 fully saturated rings. The summed E-state index contributed by atoms with van der Waals surface area (Å²) in [7, 11) is 0. The Morgan fingerprint density at radius 1 is 1.43 bits per heavy atom. The molecule has 0 amide bonds. The molecular weight excluding hydrogens is 354 g/mol. The van der Waals surface area contributed by atoms with Gasteiger partial charge in [0.1, 0.15) is 11.6 Å². The molecule has 2 aromatic rings. The molecule has 1 aromatic carbocycles. The zero-order chi connectivity index (χ0) is 15.4. The van der Waals surface area contributed by atoms with Gasteiger partial charge in [-0.1, -0.05) is 39.8 Å². The van der Waals surface area contributed by atoms with Gasteiger partial charge in [0.15, 0.2) is 10.9 Å². The number of hydrogen-bond donors (Lipinski definition) is 1. The van der Waals surface area contributed by atoms with Crippen LogP contribution >= 0.6 is 27.7 Å². The van der Waals surface area contributed by atoms with Gasteiger partial charge >= 0.3 is 0 Å². The molecule has 0 unspecified atom stereocenters. The highest BCUT2D eigenvalue weighted by Gasteiger charge is 2.11. The second-order valence-electron chi connectivity index (χ2n) is 4.16. The molecule has 0 aliphatic carbocycles. The molecule has 7 heteroatoms. The average molecular weight is 364 g/mol. The normalized spacial score (nSPS) is 10.1. The molecule has 1 N–H and O–H groups in total. The van der Waals surface area contributed by atoms with Gasteiger partial charge in [0.05, 0.1) is 11.4 Å². The van der Waals surface area contributed by atoms with E-state index < -0.39 is 5.56 Å². The summed E-state index contributed by atoms with van der Waals surface area (Å²) in [6.07, 6.45) is 0.